The van der Waals surface area contributed by atoms with E-state index in [1.165, 1.54) is 0 Å². The van der Waals surface area contributed by atoms with Gasteiger partial charge in [0.05, 0.1) is 14.2 Å². The minimum absolute atomic E-state index is 0.0706. The number of carbonyl (C=O) groups is 2. The molecule has 0 radical (unpaired) electrons. The highest BCUT2D eigenvalue weighted by Crippen LogP contribution is 2.11. The van der Waals surface area contributed by atoms with E-state index in [2.05, 4.69) is 10.6 Å². The summed E-state index contributed by atoms with van der Waals surface area (Å²) in [5.74, 6) is 0.597. The Morgan fingerprint density at radius 2 is 1.68 bits per heavy atom. The van der Waals surface area contributed by atoms with E-state index >= 15 is 0 Å². The van der Waals surface area contributed by atoms with Crippen LogP contribution < -0.4 is 20.3 Å². The lowest BCUT2D eigenvalue weighted by atomic mass is 10.2. The summed E-state index contributed by atoms with van der Waals surface area (Å²) >= 11 is 0. The van der Waals surface area contributed by atoms with Crippen molar-refractivity contribution in [1.82, 2.24) is 5.32 Å². The standard InChI is InChI=1S/C19H23N3O3/c1-20-19(24)15-6-8-16(9-7-15)21-18(23)13-22(2)12-14-4-10-17(25-3)11-5-14/h4-11H,12-13H2,1-3H3,(H,20,24)(H,21,23)/p+1. The molecular weight excluding hydrogens is 318 g/mol. The Hall–Kier alpha value is -2.86. The largest absolute Gasteiger partial charge is 0.497 e. The van der Waals surface area contributed by atoms with Gasteiger partial charge in [-0.2, -0.15) is 0 Å². The van der Waals surface area contributed by atoms with E-state index in [0.717, 1.165) is 22.8 Å². The van der Waals surface area contributed by atoms with Crippen molar-refractivity contribution in [3.05, 3.63) is 59.7 Å². The summed E-state index contributed by atoms with van der Waals surface area (Å²) in [5, 5.41) is 5.41. The number of anilines is 1. The zero-order valence-electron chi connectivity index (χ0n) is 14.8. The summed E-state index contributed by atoms with van der Waals surface area (Å²) in [6, 6.07) is 14.6. The summed E-state index contributed by atoms with van der Waals surface area (Å²) < 4.78 is 5.14. The predicted molar refractivity (Wildman–Crippen MR) is 96.9 cm³/mol. The molecule has 2 rings (SSSR count). The Balaban J connectivity index is 1.85. The molecule has 132 valence electrons. The number of ether oxygens (including phenoxy) is 1. The van der Waals surface area contributed by atoms with E-state index in [9.17, 15) is 9.59 Å². The first-order valence-electron chi connectivity index (χ1n) is 8.08. The van der Waals surface area contributed by atoms with E-state index < -0.39 is 0 Å². The maximum absolute atomic E-state index is 12.2. The molecule has 2 aromatic rings. The second-order valence-corrected chi connectivity index (χ2v) is 5.86. The molecule has 0 saturated carbocycles. The Bertz CT molecular complexity index is 712. The average molecular weight is 342 g/mol. The van der Waals surface area contributed by atoms with Crippen molar-refractivity contribution in [2.75, 3.05) is 33.1 Å². The molecule has 1 unspecified atom stereocenters. The summed E-state index contributed by atoms with van der Waals surface area (Å²) in [6.07, 6.45) is 0. The second-order valence-electron chi connectivity index (χ2n) is 5.86. The van der Waals surface area contributed by atoms with Crippen LogP contribution >= 0.6 is 0 Å². The van der Waals surface area contributed by atoms with Gasteiger partial charge >= 0.3 is 0 Å². The molecule has 1 atom stereocenters. The van der Waals surface area contributed by atoms with Crippen LogP contribution in [-0.2, 0) is 11.3 Å². The number of nitrogens with one attached hydrogen (secondary N) is 3. The maximum atomic E-state index is 12.2. The quantitative estimate of drug-likeness (QED) is 0.694. The minimum Gasteiger partial charge on any atom is -0.497 e. The molecule has 25 heavy (non-hydrogen) atoms. The third-order valence-electron chi connectivity index (χ3n) is 3.79. The fourth-order valence-corrected chi connectivity index (χ4v) is 2.48. The van der Waals surface area contributed by atoms with Crippen molar-refractivity contribution in [2.45, 2.75) is 6.54 Å². The molecule has 0 aliphatic heterocycles. The highest BCUT2D eigenvalue weighted by atomic mass is 16.5. The van der Waals surface area contributed by atoms with E-state index in [4.69, 9.17) is 4.74 Å². The molecule has 0 heterocycles. The number of likely N-dealkylation sites (N-methyl/N-ethyl adjacent to an activating group) is 1. The van der Waals surface area contributed by atoms with E-state index in [-0.39, 0.29) is 11.8 Å². The van der Waals surface area contributed by atoms with E-state index in [1.54, 1.807) is 38.4 Å². The average Bonchev–Trinajstić information content (AvgIpc) is 2.62. The van der Waals surface area contributed by atoms with Gasteiger partial charge in [-0.15, -0.1) is 0 Å². The van der Waals surface area contributed by atoms with E-state index in [1.807, 2.05) is 31.3 Å². The molecule has 3 N–H and O–H groups in total. The first kappa shape index (κ1) is 18.5. The Kier molecular flexibility index (Phi) is 6.54. The molecule has 2 amide bonds. The maximum Gasteiger partial charge on any atom is 0.279 e. The molecule has 2 aromatic carbocycles. The molecule has 0 spiro atoms. The predicted octanol–water partition coefficient (Wildman–Crippen LogP) is 0.708. The number of amides is 2. The molecule has 0 fully saturated rings. The van der Waals surface area contributed by atoms with Crippen molar-refractivity contribution in [3.8, 4) is 5.75 Å². The first-order valence-corrected chi connectivity index (χ1v) is 8.08. The summed E-state index contributed by atoms with van der Waals surface area (Å²) in [4.78, 5) is 24.7. The summed E-state index contributed by atoms with van der Waals surface area (Å²) in [7, 11) is 5.19. The van der Waals surface area contributed by atoms with Crippen LogP contribution in [0.4, 0.5) is 5.69 Å². The van der Waals surface area contributed by atoms with Crippen molar-refractivity contribution in [2.24, 2.45) is 0 Å². The smallest absolute Gasteiger partial charge is 0.279 e. The third kappa shape index (κ3) is 5.61. The van der Waals surface area contributed by atoms with Crippen LogP contribution in [0.25, 0.3) is 0 Å². The van der Waals surface area contributed by atoms with Crippen LogP contribution in [-0.4, -0.2) is 39.6 Å². The van der Waals surface area contributed by atoms with Crippen molar-refractivity contribution in [3.63, 3.8) is 0 Å². The van der Waals surface area contributed by atoms with Crippen LogP contribution in [0, 0.1) is 0 Å². The minimum atomic E-state index is -0.151. The number of rotatable bonds is 7. The number of hydrogen-bond acceptors (Lipinski definition) is 3. The number of hydrogen-bond donors (Lipinski definition) is 3. The van der Waals surface area contributed by atoms with Gasteiger partial charge in [0, 0.05) is 23.9 Å². The zero-order valence-corrected chi connectivity index (χ0v) is 14.8. The van der Waals surface area contributed by atoms with Gasteiger partial charge in [0.1, 0.15) is 12.3 Å². The Morgan fingerprint density at radius 3 is 2.24 bits per heavy atom. The summed E-state index contributed by atoms with van der Waals surface area (Å²) in [6.45, 7) is 1.09. The van der Waals surface area contributed by atoms with Crippen LogP contribution in [0.15, 0.2) is 48.5 Å². The fourth-order valence-electron chi connectivity index (χ4n) is 2.48. The van der Waals surface area contributed by atoms with Crippen molar-refractivity contribution in [1.29, 1.82) is 0 Å². The molecule has 0 saturated heterocycles. The number of methoxy groups -OCH3 is 1. The molecule has 0 aromatic heterocycles. The third-order valence-corrected chi connectivity index (χ3v) is 3.79. The van der Waals surface area contributed by atoms with Gasteiger partial charge in [0.2, 0.25) is 0 Å². The van der Waals surface area contributed by atoms with Crippen LogP contribution in [0.1, 0.15) is 15.9 Å². The molecule has 0 aliphatic carbocycles. The highest BCUT2D eigenvalue weighted by Gasteiger charge is 2.11. The van der Waals surface area contributed by atoms with Crippen LogP contribution in [0.3, 0.4) is 0 Å². The van der Waals surface area contributed by atoms with Gasteiger partial charge in [-0.1, -0.05) is 0 Å². The summed E-state index contributed by atoms with van der Waals surface area (Å²) in [5.41, 5.74) is 2.37. The zero-order chi connectivity index (χ0) is 18.2. The van der Waals surface area contributed by atoms with Gasteiger partial charge in [0.25, 0.3) is 11.8 Å². The van der Waals surface area contributed by atoms with Crippen molar-refractivity contribution < 1.29 is 19.2 Å². The van der Waals surface area contributed by atoms with Gasteiger partial charge < -0.3 is 20.3 Å². The lowest BCUT2D eigenvalue weighted by molar-refractivity contribution is -0.885. The SMILES string of the molecule is CNC(=O)c1ccc(NC(=O)C[NH+](C)Cc2ccc(OC)cc2)cc1. The lowest BCUT2D eigenvalue weighted by Gasteiger charge is -2.14. The molecule has 6 heteroatoms. The Labute approximate surface area is 147 Å². The van der Waals surface area contributed by atoms with Gasteiger partial charge in [-0.3, -0.25) is 9.59 Å². The molecular formula is C19H24N3O3+. The van der Waals surface area contributed by atoms with Gasteiger partial charge in [0.15, 0.2) is 6.54 Å². The van der Waals surface area contributed by atoms with Crippen LogP contribution in [0.2, 0.25) is 0 Å². The second kappa shape index (κ2) is 8.84. The molecule has 0 bridgehead atoms. The molecule has 6 nitrogen and oxygen atoms in total. The van der Waals surface area contributed by atoms with Gasteiger partial charge in [-0.05, 0) is 48.5 Å². The van der Waals surface area contributed by atoms with Crippen LogP contribution in [0.5, 0.6) is 5.75 Å². The Morgan fingerprint density at radius 1 is 1.04 bits per heavy atom. The van der Waals surface area contributed by atoms with E-state index in [0.29, 0.717) is 17.8 Å². The number of benzene rings is 2. The van der Waals surface area contributed by atoms with Crippen molar-refractivity contribution >= 4 is 17.5 Å². The highest BCUT2D eigenvalue weighted by molar-refractivity contribution is 5.95. The fraction of sp³-hybridized carbons (Fsp3) is 0.263. The topological polar surface area (TPSA) is 71.9 Å². The first-order chi connectivity index (χ1) is 12.0. The lowest BCUT2D eigenvalue weighted by Crippen LogP contribution is -3.08. The number of carbonyl (C=O) groups excluding carboxylic acids is 2. The molecule has 0 aliphatic rings. The normalized spacial score (nSPS) is 11.5. The monoisotopic (exact) mass is 342 g/mol. The number of quaternary nitrogens is 1. The van der Waals surface area contributed by atoms with Gasteiger partial charge in [-0.25, -0.2) is 0 Å².